The van der Waals surface area contributed by atoms with Crippen LogP contribution in [0.5, 0.6) is 0 Å². The number of hydrogen-bond donors (Lipinski definition) is 1. The summed E-state index contributed by atoms with van der Waals surface area (Å²) in [6.07, 6.45) is 0. The lowest BCUT2D eigenvalue weighted by Gasteiger charge is -1.94. The second kappa shape index (κ2) is 3.22. The SMILES string of the molecule is NS(=O)(=O)Cc1ccsc1Br. The fourth-order valence-corrected chi connectivity index (χ4v) is 2.83. The summed E-state index contributed by atoms with van der Waals surface area (Å²) in [6.45, 7) is 0. The molecule has 0 saturated heterocycles. The van der Waals surface area contributed by atoms with E-state index >= 15 is 0 Å². The Morgan fingerprint density at radius 2 is 2.27 bits per heavy atom. The van der Waals surface area contributed by atoms with Crippen LogP contribution in [0.25, 0.3) is 0 Å². The summed E-state index contributed by atoms with van der Waals surface area (Å²) in [5, 5.41) is 6.66. The first-order valence-corrected chi connectivity index (χ1v) is 6.10. The molecule has 6 heteroatoms. The Bertz CT molecular complexity index is 343. The van der Waals surface area contributed by atoms with Crippen molar-refractivity contribution < 1.29 is 8.42 Å². The lowest BCUT2D eigenvalue weighted by molar-refractivity contribution is 0.597. The van der Waals surface area contributed by atoms with E-state index in [0.717, 1.165) is 9.35 Å². The molecule has 0 fully saturated rings. The first kappa shape index (κ1) is 9.18. The van der Waals surface area contributed by atoms with E-state index < -0.39 is 10.0 Å². The monoisotopic (exact) mass is 255 g/mol. The van der Waals surface area contributed by atoms with Crippen molar-refractivity contribution in [3.63, 3.8) is 0 Å². The topological polar surface area (TPSA) is 60.2 Å². The minimum atomic E-state index is -3.39. The first-order chi connectivity index (χ1) is 4.99. The predicted octanol–water partition coefficient (Wildman–Crippen LogP) is 1.30. The highest BCUT2D eigenvalue weighted by molar-refractivity contribution is 9.11. The second-order valence-electron chi connectivity index (χ2n) is 2.03. The molecule has 0 aliphatic heterocycles. The number of primary sulfonamides is 1. The van der Waals surface area contributed by atoms with E-state index in [1.54, 1.807) is 6.07 Å². The minimum Gasteiger partial charge on any atom is -0.228 e. The Hall–Kier alpha value is 0.0900. The van der Waals surface area contributed by atoms with Crippen LogP contribution in [0.1, 0.15) is 5.56 Å². The van der Waals surface area contributed by atoms with Crippen molar-refractivity contribution in [1.29, 1.82) is 0 Å². The van der Waals surface area contributed by atoms with E-state index in [0.29, 0.717) is 0 Å². The average molecular weight is 256 g/mol. The normalized spacial score (nSPS) is 11.8. The molecule has 0 amide bonds. The van der Waals surface area contributed by atoms with E-state index in [4.69, 9.17) is 5.14 Å². The molecule has 0 bridgehead atoms. The standard InChI is InChI=1S/C5H6BrNO2S2/c6-5-4(1-2-10-5)3-11(7,8)9/h1-2H,3H2,(H2,7,8,9). The predicted molar refractivity (Wildman–Crippen MR) is 48.8 cm³/mol. The maximum atomic E-state index is 10.6. The molecule has 62 valence electrons. The quantitative estimate of drug-likeness (QED) is 0.866. The third-order valence-electron chi connectivity index (χ3n) is 1.05. The average Bonchev–Trinajstić information content (AvgIpc) is 2.12. The van der Waals surface area contributed by atoms with Gasteiger partial charge < -0.3 is 0 Å². The van der Waals surface area contributed by atoms with E-state index in [1.807, 2.05) is 5.38 Å². The molecule has 0 aliphatic carbocycles. The second-order valence-corrected chi connectivity index (χ2v) is 5.88. The minimum absolute atomic E-state index is 0.100. The van der Waals surface area contributed by atoms with Crippen LogP contribution in [0.15, 0.2) is 15.2 Å². The zero-order valence-corrected chi connectivity index (χ0v) is 8.67. The van der Waals surface area contributed by atoms with E-state index in [1.165, 1.54) is 11.3 Å². The summed E-state index contributed by atoms with van der Waals surface area (Å²) in [4.78, 5) is 0. The van der Waals surface area contributed by atoms with E-state index in [-0.39, 0.29) is 5.75 Å². The summed E-state index contributed by atoms with van der Waals surface area (Å²) in [6, 6.07) is 1.74. The summed E-state index contributed by atoms with van der Waals surface area (Å²) in [5.74, 6) is -0.100. The Kier molecular flexibility index (Phi) is 2.69. The molecule has 0 saturated carbocycles. The maximum absolute atomic E-state index is 10.6. The third-order valence-corrected chi connectivity index (χ3v) is 3.57. The van der Waals surface area contributed by atoms with Gasteiger partial charge in [0.1, 0.15) is 0 Å². The molecule has 1 aromatic heterocycles. The van der Waals surface area contributed by atoms with Crippen molar-refractivity contribution >= 4 is 37.3 Å². The fraction of sp³-hybridized carbons (Fsp3) is 0.200. The fourth-order valence-electron chi connectivity index (χ4n) is 0.639. The molecule has 1 aromatic rings. The highest BCUT2D eigenvalue weighted by Crippen LogP contribution is 2.24. The van der Waals surface area contributed by atoms with Crippen LogP contribution in [0.2, 0.25) is 0 Å². The zero-order valence-electron chi connectivity index (χ0n) is 5.45. The van der Waals surface area contributed by atoms with Crippen molar-refractivity contribution in [2.75, 3.05) is 0 Å². The molecule has 1 heterocycles. The van der Waals surface area contributed by atoms with Gasteiger partial charge in [0, 0.05) is 0 Å². The summed E-state index contributed by atoms with van der Waals surface area (Å²) in [7, 11) is -3.39. The lowest BCUT2D eigenvalue weighted by atomic mass is 10.4. The Morgan fingerprint density at radius 3 is 2.64 bits per heavy atom. The lowest BCUT2D eigenvalue weighted by Crippen LogP contribution is -2.14. The molecule has 0 atom stereocenters. The van der Waals surface area contributed by atoms with Gasteiger partial charge >= 0.3 is 0 Å². The van der Waals surface area contributed by atoms with Gasteiger partial charge in [-0.3, -0.25) is 0 Å². The van der Waals surface area contributed by atoms with Gasteiger partial charge in [-0.05, 0) is 32.9 Å². The van der Waals surface area contributed by atoms with Gasteiger partial charge in [-0.25, -0.2) is 13.6 Å². The van der Waals surface area contributed by atoms with Crippen molar-refractivity contribution in [3.8, 4) is 0 Å². The molecule has 1 rings (SSSR count). The van der Waals surface area contributed by atoms with Crippen molar-refractivity contribution in [2.45, 2.75) is 5.75 Å². The number of hydrogen-bond acceptors (Lipinski definition) is 3. The van der Waals surface area contributed by atoms with Crippen LogP contribution in [-0.2, 0) is 15.8 Å². The molecular formula is C5H6BrNO2S2. The molecule has 2 N–H and O–H groups in total. The molecule has 3 nitrogen and oxygen atoms in total. The van der Waals surface area contributed by atoms with Crippen LogP contribution in [0.4, 0.5) is 0 Å². The van der Waals surface area contributed by atoms with Crippen molar-refractivity contribution in [1.82, 2.24) is 0 Å². The van der Waals surface area contributed by atoms with Gasteiger partial charge in [-0.2, -0.15) is 0 Å². The zero-order chi connectivity index (χ0) is 8.48. The highest BCUT2D eigenvalue weighted by atomic mass is 79.9. The summed E-state index contributed by atoms with van der Waals surface area (Å²) < 4.78 is 22.1. The number of nitrogens with two attached hydrogens (primary N) is 1. The van der Waals surface area contributed by atoms with Crippen LogP contribution in [-0.4, -0.2) is 8.42 Å². The molecule has 0 spiro atoms. The van der Waals surface area contributed by atoms with E-state index in [2.05, 4.69) is 15.9 Å². The van der Waals surface area contributed by atoms with E-state index in [9.17, 15) is 8.42 Å². The first-order valence-electron chi connectivity index (χ1n) is 2.71. The number of thiophene rings is 1. The Balaban J connectivity index is 2.89. The number of rotatable bonds is 2. The molecule has 11 heavy (non-hydrogen) atoms. The summed E-state index contributed by atoms with van der Waals surface area (Å²) in [5.41, 5.74) is 0.720. The molecule has 0 radical (unpaired) electrons. The molecule has 0 aliphatic rings. The van der Waals surface area contributed by atoms with Crippen molar-refractivity contribution in [3.05, 3.63) is 20.8 Å². The maximum Gasteiger partial charge on any atom is 0.213 e. The van der Waals surface area contributed by atoms with Gasteiger partial charge in [-0.1, -0.05) is 0 Å². The van der Waals surface area contributed by atoms with Crippen LogP contribution in [0.3, 0.4) is 0 Å². The third kappa shape index (κ3) is 2.90. The molecular weight excluding hydrogens is 250 g/mol. The summed E-state index contributed by atoms with van der Waals surface area (Å²) >= 11 is 4.66. The Morgan fingerprint density at radius 1 is 1.64 bits per heavy atom. The van der Waals surface area contributed by atoms with Crippen molar-refractivity contribution in [2.24, 2.45) is 5.14 Å². The van der Waals surface area contributed by atoms with Gasteiger partial charge in [0.25, 0.3) is 0 Å². The largest absolute Gasteiger partial charge is 0.228 e. The molecule has 0 aromatic carbocycles. The number of sulfonamides is 1. The van der Waals surface area contributed by atoms with Crippen LogP contribution in [0, 0.1) is 0 Å². The highest BCUT2D eigenvalue weighted by Gasteiger charge is 2.08. The van der Waals surface area contributed by atoms with Gasteiger partial charge in [-0.15, -0.1) is 11.3 Å². The molecule has 0 unspecified atom stereocenters. The Labute approximate surface area is 77.4 Å². The van der Waals surface area contributed by atoms with Gasteiger partial charge in [0.15, 0.2) is 0 Å². The number of halogens is 1. The van der Waals surface area contributed by atoms with Crippen LogP contribution < -0.4 is 5.14 Å². The smallest absolute Gasteiger partial charge is 0.213 e. The van der Waals surface area contributed by atoms with Crippen LogP contribution >= 0.6 is 27.3 Å². The van der Waals surface area contributed by atoms with Gasteiger partial charge in [0.2, 0.25) is 10.0 Å². The van der Waals surface area contributed by atoms with Gasteiger partial charge in [0.05, 0.1) is 9.54 Å².